The van der Waals surface area contributed by atoms with E-state index in [1.165, 1.54) is 0 Å². The van der Waals surface area contributed by atoms with Gasteiger partial charge in [0.2, 0.25) is 0 Å². The summed E-state index contributed by atoms with van der Waals surface area (Å²) in [6, 6.07) is 0. The molecule has 74 heavy (non-hydrogen) atoms. The van der Waals surface area contributed by atoms with E-state index < -0.39 is 249 Å². The van der Waals surface area contributed by atoms with E-state index in [0.29, 0.717) is 0 Å². The summed E-state index contributed by atoms with van der Waals surface area (Å²) in [5.41, 5.74) is 0. The van der Waals surface area contributed by atoms with E-state index in [1.807, 2.05) is 0 Å². The first-order valence-electron chi connectivity index (χ1n) is 23.1. The third-order valence-corrected chi connectivity index (χ3v) is 13.4. The van der Waals surface area contributed by atoms with Crippen LogP contribution in [0.2, 0.25) is 0 Å². The molecule has 0 spiro atoms. The average molecular weight is 1110 g/mol. The number of ether oxygens (including phenoxy) is 13. The van der Waals surface area contributed by atoms with E-state index in [2.05, 4.69) is 0 Å². The summed E-state index contributed by atoms with van der Waals surface area (Å²) in [5.74, 6) is -2.79. The van der Waals surface area contributed by atoms with Crippen LogP contribution in [0.5, 0.6) is 0 Å². The second-order valence-corrected chi connectivity index (χ2v) is 18.2. The zero-order chi connectivity index (χ0) is 53.3. The van der Waals surface area contributed by atoms with Crippen LogP contribution >= 0.6 is 0 Å². The van der Waals surface area contributed by atoms with Gasteiger partial charge in [-0.2, -0.15) is 0 Å². The Morgan fingerprint density at radius 1 is 0.324 bits per heavy atom. The zero-order valence-corrected chi connectivity index (χ0v) is 42.2. The van der Waals surface area contributed by atoms with Gasteiger partial charge in [-0.1, -0.05) is 0 Å². The quantitative estimate of drug-likeness (QED) is 0.0713. The van der Waals surface area contributed by atoms with Gasteiger partial charge < -0.3 is 158 Å². The fraction of sp³-hybridized carbons (Fsp3) is 0.950. The predicted octanol–water partition coefficient (Wildman–Crippen LogP) is -17.0. The van der Waals surface area contributed by atoms with Crippen molar-refractivity contribution in [2.75, 3.05) is 39.6 Å². The number of carbonyl (C=O) groups is 2. The second kappa shape index (κ2) is 27.3. The zero-order valence-electron chi connectivity index (χ0n) is 39.1. The number of aliphatic carboxylic acids is 1. The molecule has 0 radical (unpaired) electrons. The van der Waals surface area contributed by atoms with Gasteiger partial charge in [-0.15, -0.1) is 0 Å². The number of carbonyl (C=O) groups excluding carboxylic acids is 2. The first-order valence-corrected chi connectivity index (χ1v) is 23.1. The van der Waals surface area contributed by atoms with Crippen molar-refractivity contribution >= 4 is 11.9 Å². The normalized spacial score (nSPS) is 50.3. The summed E-state index contributed by atoms with van der Waals surface area (Å²) in [7, 11) is 0. The van der Waals surface area contributed by atoms with Crippen LogP contribution in [0, 0.1) is 0 Å². The number of aliphatic hydroxyl groups is 17. The summed E-state index contributed by atoms with van der Waals surface area (Å²) in [4.78, 5) is 23.5. The van der Waals surface area contributed by atoms with Gasteiger partial charge in [-0.3, -0.25) is 4.79 Å². The van der Waals surface area contributed by atoms with E-state index >= 15 is 0 Å². The van der Waals surface area contributed by atoms with E-state index in [-0.39, 0.29) is 51.4 Å². The molecule has 22 saturated heterocycles. The third-order valence-electron chi connectivity index (χ3n) is 13.4. The van der Waals surface area contributed by atoms with Crippen LogP contribution in [0.15, 0.2) is 0 Å². The molecule has 22 fully saturated rings. The molecule has 17 N–H and O–H groups in total. The molecule has 0 unspecified atom stereocenters. The van der Waals surface area contributed by atoms with E-state index in [1.54, 1.807) is 0 Å². The van der Waals surface area contributed by atoms with E-state index in [9.17, 15) is 102 Å². The summed E-state index contributed by atoms with van der Waals surface area (Å²) < 4.78 is 73.5. The molecule has 22 aliphatic heterocycles. The maximum absolute atomic E-state index is 12.5. The Bertz CT molecular complexity index is 1770. The second-order valence-electron chi connectivity index (χ2n) is 18.2. The molecule has 422 valence electrons. The maximum atomic E-state index is 12.5. The summed E-state index contributed by atoms with van der Waals surface area (Å²) in [5, 5.41) is 198. The topological polar surface area (TPSA) is 521 Å². The summed E-state index contributed by atoms with van der Waals surface area (Å²) >= 11 is 0. The van der Waals surface area contributed by atoms with E-state index in [0.717, 1.165) is 0 Å². The number of hydrogen-bond acceptors (Lipinski definition) is 33. The SMILES string of the molecule is O=C([O-])CCC(=O)OC[C@H]1O[C@@H]2O[C@H]3[C@H](O)[C@@H](O)[C@@H](O[C@H]4[C@H](O)[C@@H](O)[C@@H](O[C@H]5[C@H](O)[C@@H](O)[C@@H](O[C@H]6[C@H](O)[C@@H](O)[C@@H](O[C@H]7[C@H](O)[C@@H](O)[C@@H](O[C@H]1[C@H](O)[C@H]2O)O[C@@H]7CO)O[C@@H]6CO)O[C@@H]5CO)O[C@@H]4CO)O[C@@H]3CO.[K+]. The number of carboxylic acid groups (broad SMARTS) is 1. The smallest absolute Gasteiger partial charge is 0.550 e. The first kappa shape index (κ1) is 62.6. The minimum atomic E-state index is -2.28. The van der Waals surface area contributed by atoms with Crippen LogP contribution in [0.4, 0.5) is 0 Å². The molecular weight excluding hydrogens is 1050 g/mol. The summed E-state index contributed by atoms with van der Waals surface area (Å²) in [6.07, 6.45) is -62.4. The molecule has 0 aromatic rings. The largest absolute Gasteiger partial charge is 1.00 e. The monoisotopic (exact) mass is 1110 g/mol. The van der Waals surface area contributed by atoms with Crippen LogP contribution in [-0.4, -0.2) is 323 Å². The Labute approximate surface area is 460 Å². The van der Waals surface area contributed by atoms with Crippen LogP contribution < -0.4 is 56.5 Å². The number of rotatable bonds is 10. The van der Waals surface area contributed by atoms with Gasteiger partial charge in [0.25, 0.3) is 0 Å². The third kappa shape index (κ3) is 13.3. The van der Waals surface area contributed by atoms with E-state index in [4.69, 9.17) is 61.6 Å². The Kier molecular flexibility index (Phi) is 23.1. The van der Waals surface area contributed by atoms with Gasteiger partial charge in [0.15, 0.2) is 37.7 Å². The van der Waals surface area contributed by atoms with Crippen molar-refractivity contribution in [3.05, 3.63) is 0 Å². The van der Waals surface area contributed by atoms with Gasteiger partial charge in [0.1, 0.15) is 153 Å². The molecule has 34 heteroatoms. The van der Waals surface area contributed by atoms with Crippen molar-refractivity contribution in [3.8, 4) is 0 Å². The minimum absolute atomic E-state index is 0. The van der Waals surface area contributed by atoms with Gasteiger partial charge in [-0.25, -0.2) is 0 Å². The Morgan fingerprint density at radius 2 is 0.527 bits per heavy atom. The van der Waals surface area contributed by atoms with Gasteiger partial charge in [0.05, 0.1) is 39.5 Å². The Morgan fingerprint density at radius 3 is 0.730 bits per heavy atom. The molecule has 22 aliphatic rings. The van der Waals surface area contributed by atoms with Crippen LogP contribution in [0.1, 0.15) is 12.8 Å². The summed E-state index contributed by atoms with van der Waals surface area (Å²) in [6.45, 7) is -6.21. The minimum Gasteiger partial charge on any atom is -0.550 e. The fourth-order valence-electron chi connectivity index (χ4n) is 9.37. The van der Waals surface area contributed by atoms with Crippen molar-refractivity contribution in [1.29, 1.82) is 0 Å². The number of carboxylic acids is 1. The predicted molar refractivity (Wildman–Crippen MR) is 214 cm³/mol. The van der Waals surface area contributed by atoms with Crippen LogP contribution in [0.3, 0.4) is 0 Å². The first-order chi connectivity index (χ1) is 34.7. The molecule has 30 atom stereocenters. The van der Waals surface area contributed by atoms with Crippen molar-refractivity contribution < 1.29 is 214 Å². The molecule has 22 heterocycles. The van der Waals surface area contributed by atoms with Crippen LogP contribution in [-0.2, 0) is 71.2 Å². The van der Waals surface area contributed by atoms with Crippen LogP contribution in [0.25, 0.3) is 0 Å². The standard InChI is InChI=1S/C40H64O33.K/c41-3-9-29-17(49)23(55)35(62-9)69-30-10(4-42)64-37(25(57)19(30)51)71-32-12(6-44)66-39(27(59)21(32)53)73-34-14(8-61-16(48)2-1-15(46)47)67-40(28(60)22(34)54)72-33-13(7-45)65-38(26(58)20(33)52)70-31-11(5-43)63-36(68-29)24(56)18(31)50;/h9-14,17-45,49-60H,1-8H2,(H,46,47);/q;+1/p-1/t9-,10-,11-,12-,13-,14-,17-,18-,19-,20-,21-,22-,23-,24-,25-,26-,27-,28-,29-,30-,31-,32-,33-,34-,35-,36-,37-,38-,39-,40-;/m1./s1. The molecule has 22 rings (SSSR count). The molecule has 33 nitrogen and oxygen atoms in total. The van der Waals surface area contributed by atoms with Crippen molar-refractivity contribution in [2.24, 2.45) is 0 Å². The molecule has 0 aromatic carbocycles. The number of esters is 1. The maximum Gasteiger partial charge on any atom is 1.00 e. The fourth-order valence-corrected chi connectivity index (χ4v) is 9.37. The molecule has 0 amide bonds. The number of aliphatic hydroxyl groups excluding tert-OH is 17. The van der Waals surface area contributed by atoms with Crippen molar-refractivity contribution in [2.45, 2.75) is 197 Å². The molecule has 0 aromatic heterocycles. The molecule has 0 saturated carbocycles. The molecule has 0 aliphatic carbocycles. The van der Waals surface area contributed by atoms with Gasteiger partial charge >= 0.3 is 57.4 Å². The van der Waals surface area contributed by atoms with Gasteiger partial charge in [0, 0.05) is 5.97 Å². The Hall–Kier alpha value is -0.584. The van der Waals surface area contributed by atoms with Crippen molar-refractivity contribution in [3.63, 3.8) is 0 Å². The molecular formula is C40H63KO33. The van der Waals surface area contributed by atoms with Gasteiger partial charge in [-0.05, 0) is 6.42 Å². The Balaban J connectivity index is 0.00000892. The van der Waals surface area contributed by atoms with Crippen molar-refractivity contribution in [1.82, 2.24) is 0 Å². The number of hydrogen-bond donors (Lipinski definition) is 17. The average Bonchev–Trinajstić information content (AvgIpc) is 3.37. The molecule has 12 bridgehead atoms.